The summed E-state index contributed by atoms with van der Waals surface area (Å²) in [6, 6.07) is 16.9. The van der Waals surface area contributed by atoms with E-state index in [1.165, 1.54) is 11.1 Å². The molecule has 0 spiro atoms. The predicted molar refractivity (Wildman–Crippen MR) is 119 cm³/mol. The first-order valence-electron chi connectivity index (χ1n) is 10.5. The van der Waals surface area contributed by atoms with Crippen molar-refractivity contribution in [3.05, 3.63) is 108 Å². The van der Waals surface area contributed by atoms with Crippen molar-refractivity contribution in [2.75, 3.05) is 13.2 Å². The van der Waals surface area contributed by atoms with Crippen molar-refractivity contribution < 1.29 is 9.47 Å². The van der Waals surface area contributed by atoms with Gasteiger partial charge in [-0.25, -0.2) is 0 Å². The summed E-state index contributed by atoms with van der Waals surface area (Å²) in [5.74, 6) is 2.91. The zero-order valence-electron chi connectivity index (χ0n) is 16.7. The zero-order valence-corrected chi connectivity index (χ0v) is 16.7. The Balaban J connectivity index is 1.12. The van der Waals surface area contributed by atoms with Gasteiger partial charge in [0.05, 0.1) is 13.2 Å². The van der Waals surface area contributed by atoms with Gasteiger partial charge < -0.3 is 9.47 Å². The monoisotopic (exact) mass is 384 g/mol. The van der Waals surface area contributed by atoms with E-state index in [0.29, 0.717) is 25.0 Å². The molecule has 4 rings (SSSR count). The molecule has 0 radical (unpaired) electrons. The first kappa shape index (κ1) is 19.3. The fourth-order valence-corrected chi connectivity index (χ4v) is 3.65. The highest BCUT2D eigenvalue weighted by Gasteiger charge is 2.06. The van der Waals surface area contributed by atoms with Gasteiger partial charge in [0.1, 0.15) is 11.5 Å². The van der Waals surface area contributed by atoms with Crippen LogP contribution in [-0.4, -0.2) is 13.2 Å². The molecule has 0 N–H and O–H groups in total. The third-order valence-corrected chi connectivity index (χ3v) is 5.27. The first-order chi connectivity index (χ1) is 14.3. The second kappa shape index (κ2) is 9.97. The zero-order chi connectivity index (χ0) is 19.7. The van der Waals surface area contributed by atoms with E-state index in [1.807, 2.05) is 0 Å². The van der Waals surface area contributed by atoms with Crippen LogP contribution in [0.15, 0.2) is 97.1 Å². The van der Waals surface area contributed by atoms with Crippen LogP contribution in [0, 0.1) is 11.8 Å². The highest BCUT2D eigenvalue weighted by molar-refractivity contribution is 5.31. The molecule has 2 aromatic carbocycles. The lowest BCUT2D eigenvalue weighted by atomic mass is 10.0. The Morgan fingerprint density at radius 2 is 0.897 bits per heavy atom. The number of allylic oxidation sites excluding steroid dienone is 8. The second-order valence-electron chi connectivity index (χ2n) is 7.61. The minimum atomic E-state index is 0.532. The van der Waals surface area contributed by atoms with E-state index >= 15 is 0 Å². The maximum atomic E-state index is 5.84. The quantitative estimate of drug-likeness (QED) is 0.461. The third kappa shape index (κ3) is 5.99. The van der Waals surface area contributed by atoms with Gasteiger partial charge in [-0.15, -0.1) is 0 Å². The highest BCUT2D eigenvalue weighted by Crippen LogP contribution is 2.20. The summed E-state index contributed by atoms with van der Waals surface area (Å²) < 4.78 is 11.7. The molecule has 2 aromatic rings. The van der Waals surface area contributed by atoms with Crippen LogP contribution in [0.4, 0.5) is 0 Å². The Bertz CT molecular complexity index is 786. The van der Waals surface area contributed by atoms with Crippen LogP contribution in [-0.2, 0) is 12.8 Å². The maximum Gasteiger partial charge on any atom is 0.119 e. The molecule has 148 valence electrons. The van der Waals surface area contributed by atoms with Crippen LogP contribution in [0.25, 0.3) is 0 Å². The summed E-state index contributed by atoms with van der Waals surface area (Å²) in [7, 11) is 0. The second-order valence-corrected chi connectivity index (χ2v) is 7.61. The van der Waals surface area contributed by atoms with E-state index in [0.717, 1.165) is 30.8 Å². The molecule has 2 nitrogen and oxygen atoms in total. The Labute approximate surface area is 173 Å². The molecule has 0 aromatic heterocycles. The van der Waals surface area contributed by atoms with E-state index in [1.54, 1.807) is 0 Å². The fraction of sp³-hybridized carbons (Fsp3) is 0.259. The lowest BCUT2D eigenvalue weighted by molar-refractivity contribution is 0.247. The van der Waals surface area contributed by atoms with Gasteiger partial charge >= 0.3 is 0 Å². The van der Waals surface area contributed by atoms with Gasteiger partial charge in [0, 0.05) is 6.42 Å². The van der Waals surface area contributed by atoms with Crippen LogP contribution < -0.4 is 9.47 Å². The molecule has 29 heavy (non-hydrogen) atoms. The van der Waals surface area contributed by atoms with E-state index in [9.17, 15) is 0 Å². The number of rotatable bonds is 10. The van der Waals surface area contributed by atoms with Gasteiger partial charge in [0.15, 0.2) is 0 Å². The third-order valence-electron chi connectivity index (χ3n) is 5.27. The molecule has 0 heterocycles. The average molecular weight is 385 g/mol. The summed E-state index contributed by atoms with van der Waals surface area (Å²) in [4.78, 5) is 0. The van der Waals surface area contributed by atoms with Crippen LogP contribution in [0.1, 0.15) is 17.5 Å². The summed E-state index contributed by atoms with van der Waals surface area (Å²) in [5.41, 5.74) is 2.68. The first-order valence-corrected chi connectivity index (χ1v) is 10.5. The van der Waals surface area contributed by atoms with Gasteiger partial charge in [-0.2, -0.15) is 0 Å². The Morgan fingerprint density at radius 1 is 0.517 bits per heavy atom. The molecule has 0 saturated carbocycles. The summed E-state index contributed by atoms with van der Waals surface area (Å²) in [6.07, 6.45) is 20.4. The van der Waals surface area contributed by atoms with Gasteiger partial charge in [-0.1, -0.05) is 72.9 Å². The van der Waals surface area contributed by atoms with Crippen molar-refractivity contribution in [2.24, 2.45) is 11.8 Å². The molecular weight excluding hydrogens is 356 g/mol. The molecule has 0 unspecified atom stereocenters. The van der Waals surface area contributed by atoms with Crippen molar-refractivity contribution in [2.45, 2.75) is 19.3 Å². The minimum absolute atomic E-state index is 0.532. The van der Waals surface area contributed by atoms with Crippen LogP contribution in [0.3, 0.4) is 0 Å². The van der Waals surface area contributed by atoms with E-state index in [4.69, 9.17) is 9.47 Å². The largest absolute Gasteiger partial charge is 0.493 e. The average Bonchev–Trinajstić information content (AvgIpc) is 3.45. The van der Waals surface area contributed by atoms with Crippen molar-refractivity contribution in [3.63, 3.8) is 0 Å². The van der Waals surface area contributed by atoms with Crippen LogP contribution in [0.2, 0.25) is 0 Å². The van der Waals surface area contributed by atoms with E-state index in [-0.39, 0.29) is 0 Å². The van der Waals surface area contributed by atoms with Crippen LogP contribution in [0.5, 0.6) is 11.5 Å². The molecule has 2 aliphatic carbocycles. The lowest BCUT2D eigenvalue weighted by Crippen LogP contribution is -2.05. The predicted octanol–water partition coefficient (Wildman–Crippen LogP) is 6.10. The summed E-state index contributed by atoms with van der Waals surface area (Å²) in [5, 5.41) is 0. The number of ether oxygens (including phenoxy) is 2. The van der Waals surface area contributed by atoms with E-state index in [2.05, 4.69) is 97.1 Å². The molecular formula is C27H28O2. The summed E-state index contributed by atoms with van der Waals surface area (Å²) in [6.45, 7) is 1.32. The molecule has 0 bridgehead atoms. The fourth-order valence-electron chi connectivity index (χ4n) is 3.65. The molecule has 0 atom stereocenters. The van der Waals surface area contributed by atoms with Gasteiger partial charge in [-0.3, -0.25) is 0 Å². The SMILES string of the molecule is C1=CC(Cc2ccc(OCCCOc3ccc(CC4C=CC=C4)cc3)cc2)C=C1. The number of benzene rings is 2. The Hall–Kier alpha value is -3.00. The molecule has 2 aliphatic rings. The minimum Gasteiger partial charge on any atom is -0.493 e. The topological polar surface area (TPSA) is 18.5 Å². The molecule has 0 fully saturated rings. The standard InChI is InChI=1S/C27H28O2/c1-2-7-22(6-1)20-24-10-14-26(15-11-24)28-18-5-19-29-27-16-12-25(13-17-27)21-23-8-3-4-9-23/h1-4,6-17,22-23H,5,18-21H2. The molecule has 0 aliphatic heterocycles. The van der Waals surface area contributed by atoms with Gasteiger partial charge in [0.25, 0.3) is 0 Å². The van der Waals surface area contributed by atoms with Crippen molar-refractivity contribution in [1.82, 2.24) is 0 Å². The molecule has 2 heteroatoms. The van der Waals surface area contributed by atoms with Crippen molar-refractivity contribution in [1.29, 1.82) is 0 Å². The van der Waals surface area contributed by atoms with Gasteiger partial charge in [-0.05, 0) is 60.1 Å². The maximum absolute atomic E-state index is 5.84. The lowest BCUT2D eigenvalue weighted by Gasteiger charge is -2.10. The van der Waals surface area contributed by atoms with Crippen LogP contribution >= 0.6 is 0 Å². The molecule has 0 saturated heterocycles. The number of hydrogen-bond donors (Lipinski definition) is 0. The Kier molecular flexibility index (Phi) is 6.64. The smallest absolute Gasteiger partial charge is 0.119 e. The van der Waals surface area contributed by atoms with Gasteiger partial charge in [0.2, 0.25) is 0 Å². The van der Waals surface area contributed by atoms with Crippen molar-refractivity contribution in [3.8, 4) is 11.5 Å². The normalized spacial score (nSPS) is 15.4. The number of hydrogen-bond acceptors (Lipinski definition) is 2. The molecule has 0 amide bonds. The Morgan fingerprint density at radius 3 is 1.28 bits per heavy atom. The van der Waals surface area contributed by atoms with Crippen molar-refractivity contribution >= 4 is 0 Å². The highest BCUT2D eigenvalue weighted by atomic mass is 16.5. The van der Waals surface area contributed by atoms with E-state index < -0.39 is 0 Å². The summed E-state index contributed by atoms with van der Waals surface area (Å²) >= 11 is 0.